The molecule has 10 nitrogen and oxygen atoms in total. The van der Waals surface area contributed by atoms with Gasteiger partial charge < -0.3 is 15.9 Å². The van der Waals surface area contributed by atoms with Crippen molar-refractivity contribution in [1.82, 2.24) is 9.88 Å². The number of carbonyl (C=O) groups is 5. The number of ketones is 4. The number of amides is 1. The molecule has 0 spiro atoms. The maximum atomic E-state index is 13.8. The molecule has 1 amide bonds. The van der Waals surface area contributed by atoms with E-state index in [1.807, 2.05) is 0 Å². The van der Waals surface area contributed by atoms with Crippen molar-refractivity contribution >= 4 is 40.6 Å². The number of halogens is 1. The van der Waals surface area contributed by atoms with Crippen LogP contribution in [0.3, 0.4) is 0 Å². The first-order valence-electron chi connectivity index (χ1n) is 11.7. The zero-order valence-electron chi connectivity index (χ0n) is 20.0. The molecule has 1 heterocycles. The smallest absolute Gasteiger partial charge is 0.235 e. The van der Waals surface area contributed by atoms with Gasteiger partial charge in [0.15, 0.2) is 34.7 Å². The molecule has 1 aromatic heterocycles. The Morgan fingerprint density at radius 2 is 1.84 bits per heavy atom. The summed E-state index contributed by atoms with van der Waals surface area (Å²) < 4.78 is 0. The van der Waals surface area contributed by atoms with E-state index < -0.39 is 64.4 Å². The molecular weight excluding hydrogens is 502 g/mol. The van der Waals surface area contributed by atoms with Crippen molar-refractivity contribution in [3.63, 3.8) is 0 Å². The average Bonchev–Trinajstić information content (AvgIpc) is 2.82. The molecule has 3 aliphatic rings. The minimum Gasteiger partial charge on any atom is -0.507 e. The Hall–Kier alpha value is -3.47. The highest BCUT2D eigenvalue weighted by Crippen LogP contribution is 2.51. The number of hydrogen-bond donors (Lipinski definition) is 3. The molecule has 2 fully saturated rings. The van der Waals surface area contributed by atoms with Crippen LogP contribution in [-0.2, 0) is 25.6 Å². The number of fused-ring (bicyclic) bond motifs is 3. The van der Waals surface area contributed by atoms with Gasteiger partial charge in [-0.25, -0.2) is 4.98 Å². The molecule has 1 aromatic carbocycles. The molecule has 0 saturated heterocycles. The van der Waals surface area contributed by atoms with Crippen molar-refractivity contribution in [2.24, 2.45) is 29.4 Å². The third-order valence-electron chi connectivity index (χ3n) is 7.98. The Kier molecular flexibility index (Phi) is 5.82. The number of benzene rings is 1. The Morgan fingerprint density at radius 1 is 1.14 bits per heavy atom. The quantitative estimate of drug-likeness (QED) is 0.383. The Balaban J connectivity index is 1.66. The number of likely N-dealkylation sites (N-methyl/N-ethyl adjacent to an activating group) is 1. The summed E-state index contributed by atoms with van der Waals surface area (Å²) in [7, 11) is 3.08. The van der Waals surface area contributed by atoms with Crippen LogP contribution in [0.5, 0.6) is 5.75 Å². The fourth-order valence-electron chi connectivity index (χ4n) is 6.41. The van der Waals surface area contributed by atoms with Gasteiger partial charge in [0.1, 0.15) is 10.9 Å². The predicted molar refractivity (Wildman–Crippen MR) is 130 cm³/mol. The van der Waals surface area contributed by atoms with Crippen molar-refractivity contribution in [1.29, 1.82) is 0 Å². The third-order valence-corrected chi connectivity index (χ3v) is 8.21. The van der Waals surface area contributed by atoms with Crippen LogP contribution in [0.25, 0.3) is 11.1 Å². The number of primary amides is 1. The Labute approximate surface area is 216 Å². The molecule has 11 heteroatoms. The largest absolute Gasteiger partial charge is 0.507 e. The van der Waals surface area contributed by atoms with E-state index in [9.17, 15) is 34.2 Å². The van der Waals surface area contributed by atoms with Gasteiger partial charge in [0.25, 0.3) is 0 Å². The number of aromatic nitrogens is 1. The van der Waals surface area contributed by atoms with Gasteiger partial charge in [0, 0.05) is 17.7 Å². The number of nitrogens with two attached hydrogens (primary N) is 1. The van der Waals surface area contributed by atoms with Gasteiger partial charge in [-0.2, -0.15) is 0 Å². The average molecular weight is 526 g/mol. The van der Waals surface area contributed by atoms with Gasteiger partial charge in [-0.3, -0.25) is 28.9 Å². The first-order valence-corrected chi connectivity index (χ1v) is 12.1. The first-order chi connectivity index (χ1) is 17.4. The number of phenols is 1. The molecule has 5 rings (SSSR count). The summed E-state index contributed by atoms with van der Waals surface area (Å²) in [6, 6.07) is 5.13. The van der Waals surface area contributed by atoms with E-state index in [2.05, 4.69) is 4.98 Å². The fraction of sp³-hybridized carbons (Fsp3) is 0.385. The second-order valence-corrected chi connectivity index (χ2v) is 10.5. The van der Waals surface area contributed by atoms with Gasteiger partial charge in [-0.15, -0.1) is 0 Å². The molecule has 4 N–H and O–H groups in total. The van der Waals surface area contributed by atoms with Gasteiger partial charge >= 0.3 is 0 Å². The van der Waals surface area contributed by atoms with E-state index in [1.54, 1.807) is 32.3 Å². The lowest BCUT2D eigenvalue weighted by molar-refractivity contribution is -0.181. The van der Waals surface area contributed by atoms with E-state index in [0.29, 0.717) is 16.7 Å². The summed E-state index contributed by atoms with van der Waals surface area (Å²) in [4.78, 5) is 71.6. The molecule has 192 valence electrons. The molecule has 2 aromatic rings. The van der Waals surface area contributed by atoms with E-state index in [4.69, 9.17) is 17.3 Å². The van der Waals surface area contributed by atoms with Crippen LogP contribution >= 0.6 is 11.6 Å². The SMILES string of the molecule is CN(C)[C@@H]1C(=O)C(C(N)=O)C(=O)C2(O)C(=O)C3C(=O)c4c(O)ccc(-c5ccc(Cl)nc5)c4C[C@H]3C[C@@H]12. The number of nitrogens with zero attached hydrogens (tertiary/aromatic N) is 2. The van der Waals surface area contributed by atoms with Crippen molar-refractivity contribution in [2.75, 3.05) is 14.1 Å². The minimum absolute atomic E-state index is 0.0160. The van der Waals surface area contributed by atoms with Gasteiger partial charge in [0.05, 0.1) is 17.5 Å². The molecule has 2 saturated carbocycles. The van der Waals surface area contributed by atoms with Crippen LogP contribution in [0.15, 0.2) is 30.5 Å². The van der Waals surface area contributed by atoms with Crippen LogP contribution < -0.4 is 5.73 Å². The van der Waals surface area contributed by atoms with Gasteiger partial charge in [-0.1, -0.05) is 17.7 Å². The molecule has 6 atom stereocenters. The van der Waals surface area contributed by atoms with Crippen LogP contribution in [0, 0.1) is 23.7 Å². The maximum Gasteiger partial charge on any atom is 0.235 e. The van der Waals surface area contributed by atoms with Crippen LogP contribution in [0.1, 0.15) is 22.3 Å². The monoisotopic (exact) mass is 525 g/mol. The fourth-order valence-corrected chi connectivity index (χ4v) is 6.52. The molecule has 0 radical (unpaired) electrons. The predicted octanol–water partition coefficient (Wildman–Crippen LogP) is 0.582. The lowest BCUT2D eigenvalue weighted by atomic mass is 9.52. The number of hydrogen-bond acceptors (Lipinski definition) is 9. The molecule has 37 heavy (non-hydrogen) atoms. The summed E-state index contributed by atoms with van der Waals surface area (Å²) in [5.74, 6) is -10.8. The number of aliphatic hydroxyl groups is 1. The normalized spacial score (nSPS) is 31.1. The summed E-state index contributed by atoms with van der Waals surface area (Å²) in [6.45, 7) is 0. The lowest BCUT2D eigenvalue weighted by Gasteiger charge is -2.52. The van der Waals surface area contributed by atoms with Gasteiger partial charge in [0.2, 0.25) is 5.91 Å². The van der Waals surface area contributed by atoms with Crippen LogP contribution in [0.2, 0.25) is 5.15 Å². The summed E-state index contributed by atoms with van der Waals surface area (Å²) in [6.07, 6.45) is 1.68. The van der Waals surface area contributed by atoms with Crippen molar-refractivity contribution in [3.05, 3.63) is 46.7 Å². The summed E-state index contributed by atoms with van der Waals surface area (Å²) in [5, 5.41) is 22.5. The highest BCUT2D eigenvalue weighted by atomic mass is 35.5. The highest BCUT2D eigenvalue weighted by Gasteiger charge is 2.69. The number of carbonyl (C=O) groups excluding carboxylic acids is 5. The number of pyridine rings is 1. The molecule has 0 bridgehead atoms. The molecule has 3 aliphatic carbocycles. The van der Waals surface area contributed by atoms with E-state index in [-0.39, 0.29) is 29.3 Å². The number of Topliss-reactive ketones (excluding diaryl/α,β-unsaturated/α-hetero) is 4. The second kappa shape index (κ2) is 8.54. The minimum atomic E-state index is -2.75. The van der Waals surface area contributed by atoms with E-state index in [0.717, 1.165) is 0 Å². The molecule has 3 unspecified atom stereocenters. The lowest BCUT2D eigenvalue weighted by Crippen LogP contribution is -2.74. The zero-order chi connectivity index (χ0) is 27.0. The first kappa shape index (κ1) is 25.2. The van der Waals surface area contributed by atoms with Crippen molar-refractivity contribution in [3.8, 4) is 16.9 Å². The molecular formula is C26H24ClN3O7. The summed E-state index contributed by atoms with van der Waals surface area (Å²) in [5.41, 5.74) is 4.27. The van der Waals surface area contributed by atoms with Crippen molar-refractivity contribution in [2.45, 2.75) is 24.5 Å². The maximum absolute atomic E-state index is 13.8. The number of aromatic hydroxyl groups is 1. The van der Waals surface area contributed by atoms with Crippen LogP contribution in [0.4, 0.5) is 0 Å². The Bertz CT molecular complexity index is 1390. The standard InChI is InChI=1S/C26H24ClN3O7/c1-30(2)20-14-8-11-7-13-12(10-3-6-16(27)29-9-10)4-5-15(31)18(13)21(32)17(11)23(34)26(14,37)24(35)19(22(20)33)25(28)36/h3-6,9,11,14,17,19-20,31,37H,7-8H2,1-2H3,(H2,28,36)/t11-,14-,17?,19?,20-,26?/m0/s1. The zero-order valence-corrected chi connectivity index (χ0v) is 20.7. The van der Waals surface area contributed by atoms with Crippen LogP contribution in [-0.4, -0.2) is 74.9 Å². The Morgan fingerprint density at radius 3 is 2.43 bits per heavy atom. The highest BCUT2D eigenvalue weighted by molar-refractivity contribution is 6.32. The number of phenolic OH excluding ortho intramolecular Hbond substituents is 1. The molecule has 0 aliphatic heterocycles. The van der Waals surface area contributed by atoms with Crippen molar-refractivity contribution < 1.29 is 34.2 Å². The van der Waals surface area contributed by atoms with E-state index >= 15 is 0 Å². The number of rotatable bonds is 3. The van der Waals surface area contributed by atoms with Gasteiger partial charge in [-0.05, 0) is 62.2 Å². The third kappa shape index (κ3) is 3.47. The topological polar surface area (TPSA) is 168 Å². The summed E-state index contributed by atoms with van der Waals surface area (Å²) >= 11 is 5.91. The second-order valence-electron chi connectivity index (χ2n) is 10.1. The van der Waals surface area contributed by atoms with E-state index in [1.165, 1.54) is 17.2 Å².